The van der Waals surface area contributed by atoms with E-state index in [1.807, 2.05) is 21.1 Å². The molecule has 0 saturated heterocycles. The van der Waals surface area contributed by atoms with E-state index in [-0.39, 0.29) is 32.0 Å². The second-order valence-electron chi connectivity index (χ2n) is 23.8. The standard InChI is InChI=1S/C70H128NO8P/c1-6-8-10-12-14-16-18-20-22-24-25-26-27-28-29-30-31-32-33-34-35-36-37-38-39-40-41-42-43-44-45-47-48-50-52-54-56-58-60-62-69(72)76-66-68(67-78-80(74,75)77-65-64-71(3,4)5)79-70(73)63-61-59-57-55-53-51-49-46-23-21-19-17-15-13-11-9-7-2/h9,11,15,17-18,20-21,23-25,49,51,68H,6-8,10,12-14,16,19,22,26-48,50,52-67H2,1-5H3/b11-9-,17-15-,20-18-,23-21-,25-24-,51-49-. The Hall–Kier alpha value is -2.55. The minimum atomic E-state index is -4.65. The van der Waals surface area contributed by atoms with Crippen LogP contribution in [-0.2, 0) is 32.7 Å². The van der Waals surface area contributed by atoms with E-state index in [1.165, 1.54) is 199 Å². The molecule has 10 heteroatoms. The fourth-order valence-electron chi connectivity index (χ4n) is 9.56. The number of carbonyl (C=O) groups excluding carboxylic acids is 2. The number of carbonyl (C=O) groups is 2. The SMILES string of the molecule is CC/C=C\C/C=C\C/C=C\C/C=C\CCCCCCC(=O)OC(COC(=O)CCCCCCCCCCCCCCCCCCCCCCCCCCCCC/C=C\C/C=C\CCCCCCC)COP(=O)([O-])OCC[N+](C)(C)C. The number of ether oxygens (including phenoxy) is 2. The zero-order valence-electron chi connectivity index (χ0n) is 53.0. The molecule has 0 aliphatic rings. The van der Waals surface area contributed by atoms with Crippen LogP contribution in [0.4, 0.5) is 0 Å². The van der Waals surface area contributed by atoms with E-state index in [1.54, 1.807) is 0 Å². The summed E-state index contributed by atoms with van der Waals surface area (Å²) in [4.78, 5) is 37.9. The quantitative estimate of drug-likeness (QED) is 0.0195. The highest BCUT2D eigenvalue weighted by atomic mass is 31.2. The lowest BCUT2D eigenvalue weighted by Gasteiger charge is -2.28. The molecule has 2 atom stereocenters. The summed E-state index contributed by atoms with van der Waals surface area (Å²) in [6.45, 7) is 4.11. The number of hydrogen-bond acceptors (Lipinski definition) is 8. The summed E-state index contributed by atoms with van der Waals surface area (Å²) in [7, 11) is 1.15. The van der Waals surface area contributed by atoms with E-state index >= 15 is 0 Å². The van der Waals surface area contributed by atoms with Gasteiger partial charge in [-0.05, 0) is 83.5 Å². The van der Waals surface area contributed by atoms with Crippen molar-refractivity contribution >= 4 is 19.8 Å². The van der Waals surface area contributed by atoms with Gasteiger partial charge in [-0.2, -0.15) is 0 Å². The topological polar surface area (TPSA) is 111 Å². The van der Waals surface area contributed by atoms with Gasteiger partial charge < -0.3 is 27.9 Å². The Bertz CT molecular complexity index is 1580. The molecule has 0 amide bonds. The fraction of sp³-hybridized carbons (Fsp3) is 0.800. The molecule has 80 heavy (non-hydrogen) atoms. The molecule has 9 nitrogen and oxygen atoms in total. The van der Waals surface area contributed by atoms with Crippen LogP contribution in [0.2, 0.25) is 0 Å². The maximum atomic E-state index is 12.8. The molecule has 0 N–H and O–H groups in total. The average Bonchev–Trinajstić information content (AvgIpc) is 3.42. The largest absolute Gasteiger partial charge is 0.756 e. The van der Waals surface area contributed by atoms with Crippen molar-refractivity contribution in [2.45, 2.75) is 315 Å². The number of unbranched alkanes of at least 4 members (excludes halogenated alkanes) is 36. The Morgan fingerprint density at radius 2 is 0.713 bits per heavy atom. The van der Waals surface area contributed by atoms with Gasteiger partial charge in [0.25, 0.3) is 7.82 Å². The molecule has 0 radical (unpaired) electrons. The van der Waals surface area contributed by atoms with Crippen molar-refractivity contribution in [1.29, 1.82) is 0 Å². The fourth-order valence-corrected chi connectivity index (χ4v) is 10.3. The third-order valence-electron chi connectivity index (χ3n) is 14.7. The summed E-state index contributed by atoms with van der Waals surface area (Å²) >= 11 is 0. The van der Waals surface area contributed by atoms with Crippen LogP contribution in [0.25, 0.3) is 0 Å². The zero-order valence-corrected chi connectivity index (χ0v) is 53.9. The number of esters is 2. The highest BCUT2D eigenvalue weighted by Gasteiger charge is 2.22. The number of quaternary nitrogens is 1. The molecule has 0 aromatic rings. The van der Waals surface area contributed by atoms with Crippen LogP contribution >= 0.6 is 7.82 Å². The Balaban J connectivity index is 3.91. The molecule has 0 aromatic heterocycles. The Morgan fingerprint density at radius 3 is 1.06 bits per heavy atom. The number of phosphoric acid groups is 1. The molecule has 466 valence electrons. The van der Waals surface area contributed by atoms with Crippen LogP contribution in [0.5, 0.6) is 0 Å². The monoisotopic (exact) mass is 1140 g/mol. The third kappa shape index (κ3) is 64.6. The maximum absolute atomic E-state index is 12.8. The molecule has 0 bridgehead atoms. The molecule has 0 aromatic carbocycles. The molecule has 0 saturated carbocycles. The first-order chi connectivity index (χ1) is 39.0. The van der Waals surface area contributed by atoms with E-state index in [2.05, 4.69) is 86.8 Å². The smallest absolute Gasteiger partial charge is 0.306 e. The summed E-state index contributed by atoms with van der Waals surface area (Å²) in [5.41, 5.74) is 0. The minimum absolute atomic E-state index is 0.0371. The normalized spacial score (nSPS) is 13.6. The molecular weight excluding hydrogens is 1010 g/mol. The first-order valence-corrected chi connectivity index (χ1v) is 35.1. The average molecular weight is 1140 g/mol. The Kier molecular flexibility index (Phi) is 59.1. The summed E-state index contributed by atoms with van der Waals surface area (Å²) in [6.07, 6.45) is 81.5. The summed E-state index contributed by atoms with van der Waals surface area (Å²) in [5.74, 6) is -0.853. The summed E-state index contributed by atoms with van der Waals surface area (Å²) in [6, 6.07) is 0. The van der Waals surface area contributed by atoms with E-state index < -0.39 is 26.5 Å². The predicted molar refractivity (Wildman–Crippen MR) is 342 cm³/mol. The molecule has 2 unspecified atom stereocenters. The van der Waals surface area contributed by atoms with Gasteiger partial charge in [0, 0.05) is 12.8 Å². The maximum Gasteiger partial charge on any atom is 0.306 e. The van der Waals surface area contributed by atoms with Gasteiger partial charge in [0.1, 0.15) is 19.8 Å². The van der Waals surface area contributed by atoms with Gasteiger partial charge in [-0.15, -0.1) is 0 Å². The predicted octanol–water partition coefficient (Wildman–Crippen LogP) is 21.0. The van der Waals surface area contributed by atoms with Gasteiger partial charge in [-0.25, -0.2) is 0 Å². The number of hydrogen-bond donors (Lipinski definition) is 0. The lowest BCUT2D eigenvalue weighted by atomic mass is 10.0. The van der Waals surface area contributed by atoms with Gasteiger partial charge in [-0.1, -0.05) is 286 Å². The Labute approximate surface area is 495 Å². The number of likely N-dealkylation sites (N-methyl/N-ethyl adjacent to an activating group) is 1. The lowest BCUT2D eigenvalue weighted by molar-refractivity contribution is -0.870. The highest BCUT2D eigenvalue weighted by molar-refractivity contribution is 7.45. The summed E-state index contributed by atoms with van der Waals surface area (Å²) in [5, 5.41) is 0. The third-order valence-corrected chi connectivity index (χ3v) is 15.7. The molecule has 0 heterocycles. The van der Waals surface area contributed by atoms with E-state index in [9.17, 15) is 19.0 Å². The number of rotatable bonds is 62. The molecule has 0 aliphatic carbocycles. The first kappa shape index (κ1) is 77.5. The van der Waals surface area contributed by atoms with Crippen molar-refractivity contribution in [2.75, 3.05) is 47.5 Å². The van der Waals surface area contributed by atoms with Crippen LogP contribution in [-0.4, -0.2) is 70.0 Å². The second kappa shape index (κ2) is 61.0. The van der Waals surface area contributed by atoms with Crippen molar-refractivity contribution in [1.82, 2.24) is 0 Å². The molecule has 0 rings (SSSR count). The van der Waals surface area contributed by atoms with Crippen LogP contribution in [0.1, 0.15) is 309 Å². The van der Waals surface area contributed by atoms with Crippen molar-refractivity contribution in [3.05, 3.63) is 72.9 Å². The van der Waals surface area contributed by atoms with Crippen molar-refractivity contribution in [3.8, 4) is 0 Å². The van der Waals surface area contributed by atoms with Gasteiger partial charge in [0.2, 0.25) is 0 Å². The number of phosphoric ester groups is 1. The molecule has 0 aliphatic heterocycles. The van der Waals surface area contributed by atoms with Crippen LogP contribution in [0.3, 0.4) is 0 Å². The molecule has 0 fully saturated rings. The zero-order chi connectivity index (χ0) is 58.4. The van der Waals surface area contributed by atoms with E-state index in [0.29, 0.717) is 17.4 Å². The lowest BCUT2D eigenvalue weighted by Crippen LogP contribution is -2.37. The molecular formula is C70H128NO8P. The minimum Gasteiger partial charge on any atom is -0.756 e. The van der Waals surface area contributed by atoms with Crippen molar-refractivity contribution in [3.63, 3.8) is 0 Å². The van der Waals surface area contributed by atoms with Crippen LogP contribution in [0, 0.1) is 0 Å². The van der Waals surface area contributed by atoms with Crippen molar-refractivity contribution in [2.24, 2.45) is 0 Å². The second-order valence-corrected chi connectivity index (χ2v) is 25.2. The summed E-state index contributed by atoms with van der Waals surface area (Å²) < 4.78 is 34.2. The van der Waals surface area contributed by atoms with Gasteiger partial charge in [0.05, 0.1) is 27.7 Å². The number of nitrogens with zero attached hydrogens (tertiary/aromatic N) is 1. The van der Waals surface area contributed by atoms with Gasteiger partial charge >= 0.3 is 11.9 Å². The van der Waals surface area contributed by atoms with Crippen LogP contribution in [0.15, 0.2) is 72.9 Å². The Morgan fingerprint density at radius 1 is 0.400 bits per heavy atom. The van der Waals surface area contributed by atoms with E-state index in [4.69, 9.17) is 18.5 Å². The number of allylic oxidation sites excluding steroid dienone is 12. The highest BCUT2D eigenvalue weighted by Crippen LogP contribution is 2.38. The van der Waals surface area contributed by atoms with Gasteiger partial charge in [-0.3, -0.25) is 14.2 Å². The van der Waals surface area contributed by atoms with E-state index in [0.717, 1.165) is 77.0 Å². The van der Waals surface area contributed by atoms with Crippen LogP contribution < -0.4 is 4.89 Å². The molecule has 0 spiro atoms. The van der Waals surface area contributed by atoms with Crippen molar-refractivity contribution < 1.29 is 42.1 Å². The first-order valence-electron chi connectivity index (χ1n) is 33.6. The van der Waals surface area contributed by atoms with Gasteiger partial charge in [0.15, 0.2) is 6.10 Å².